The molecule has 0 aromatic carbocycles. The number of aliphatic hydroxyl groups is 1. The van der Waals surface area contributed by atoms with Gasteiger partial charge in [-0.15, -0.1) is 0 Å². The molecule has 0 unspecified atom stereocenters. The van der Waals surface area contributed by atoms with Crippen LogP contribution in [-0.2, 0) is 19.0 Å². The highest BCUT2D eigenvalue weighted by molar-refractivity contribution is 5.69. The van der Waals surface area contributed by atoms with Crippen LogP contribution in [-0.4, -0.2) is 67.7 Å². The maximum atomic E-state index is 12.7. The van der Waals surface area contributed by atoms with E-state index in [-0.39, 0.29) is 18.7 Å². The zero-order chi connectivity index (χ0) is 35.9. The fourth-order valence-corrected chi connectivity index (χ4v) is 6.45. The van der Waals surface area contributed by atoms with Gasteiger partial charge in [-0.3, -0.25) is 4.79 Å². The SMILES string of the molecule is CCCCCCCCCOC(=O)OCCCCCN(CCO)CCCCCCCC(=O)OC(CCCCCCCC)CCCCCCCC. The molecular weight excluding hydrogens is 614 g/mol. The van der Waals surface area contributed by atoms with E-state index in [0.29, 0.717) is 26.2 Å². The van der Waals surface area contributed by atoms with Gasteiger partial charge >= 0.3 is 12.1 Å². The normalized spacial score (nSPS) is 11.5. The zero-order valence-corrected chi connectivity index (χ0v) is 33.0. The van der Waals surface area contributed by atoms with Crippen molar-refractivity contribution in [3.05, 3.63) is 0 Å². The lowest BCUT2D eigenvalue weighted by atomic mass is 10.0. The molecule has 7 nitrogen and oxygen atoms in total. The van der Waals surface area contributed by atoms with Gasteiger partial charge in [-0.05, 0) is 77.3 Å². The molecule has 0 spiro atoms. The van der Waals surface area contributed by atoms with E-state index in [9.17, 15) is 14.7 Å². The number of nitrogens with zero attached hydrogens (tertiary/aromatic N) is 1. The summed E-state index contributed by atoms with van der Waals surface area (Å²) in [5.41, 5.74) is 0. The molecule has 0 amide bonds. The van der Waals surface area contributed by atoms with Gasteiger partial charge < -0.3 is 24.2 Å². The maximum absolute atomic E-state index is 12.7. The van der Waals surface area contributed by atoms with Crippen molar-refractivity contribution in [2.45, 2.75) is 219 Å². The summed E-state index contributed by atoms with van der Waals surface area (Å²) in [6, 6.07) is 0. The Labute approximate surface area is 304 Å². The van der Waals surface area contributed by atoms with E-state index in [1.54, 1.807) is 0 Å². The maximum Gasteiger partial charge on any atom is 0.508 e. The summed E-state index contributed by atoms with van der Waals surface area (Å²) >= 11 is 0. The summed E-state index contributed by atoms with van der Waals surface area (Å²) in [6.45, 7) is 10.4. The van der Waals surface area contributed by atoms with Crippen LogP contribution in [0, 0.1) is 0 Å². The third kappa shape index (κ3) is 36.3. The average molecular weight is 698 g/mol. The molecule has 0 aliphatic rings. The Hall–Kier alpha value is -1.34. The first-order chi connectivity index (χ1) is 24.1. The largest absolute Gasteiger partial charge is 0.508 e. The van der Waals surface area contributed by atoms with E-state index >= 15 is 0 Å². The molecule has 0 aromatic rings. The Morgan fingerprint density at radius 1 is 0.490 bits per heavy atom. The molecule has 0 saturated carbocycles. The van der Waals surface area contributed by atoms with Crippen LogP contribution in [0.25, 0.3) is 0 Å². The Kier molecular flexibility index (Phi) is 38.4. The molecule has 0 atom stereocenters. The van der Waals surface area contributed by atoms with Crippen molar-refractivity contribution in [2.24, 2.45) is 0 Å². The van der Waals surface area contributed by atoms with Gasteiger partial charge in [0.15, 0.2) is 0 Å². The molecule has 0 saturated heterocycles. The summed E-state index contributed by atoms with van der Waals surface area (Å²) in [7, 11) is 0. The smallest absolute Gasteiger partial charge is 0.462 e. The summed E-state index contributed by atoms with van der Waals surface area (Å²) < 4.78 is 16.4. The van der Waals surface area contributed by atoms with E-state index in [0.717, 1.165) is 90.1 Å². The standard InChI is InChI=1S/C42H83NO6/c1-4-7-10-13-16-22-29-38-47-42(46)48-39-30-23-28-35-43(36-37-44)34-27-21-17-20-26-33-41(45)49-40(31-24-18-14-11-8-5-2)32-25-19-15-12-9-6-3/h40,44H,4-39H2,1-3H3. The quantitative estimate of drug-likeness (QED) is 0.0505. The van der Waals surface area contributed by atoms with Gasteiger partial charge in [-0.2, -0.15) is 0 Å². The van der Waals surface area contributed by atoms with Crippen LogP contribution in [0.5, 0.6) is 0 Å². The van der Waals surface area contributed by atoms with Crippen molar-refractivity contribution in [1.29, 1.82) is 0 Å². The second kappa shape index (κ2) is 39.4. The number of rotatable bonds is 39. The van der Waals surface area contributed by atoms with Crippen molar-refractivity contribution in [3.8, 4) is 0 Å². The number of carbonyl (C=O) groups excluding carboxylic acids is 2. The number of hydrogen-bond donors (Lipinski definition) is 1. The molecule has 0 radical (unpaired) electrons. The molecule has 0 bridgehead atoms. The van der Waals surface area contributed by atoms with Gasteiger partial charge in [0.05, 0.1) is 19.8 Å². The van der Waals surface area contributed by atoms with E-state index in [1.165, 1.54) is 109 Å². The Bertz CT molecular complexity index is 674. The minimum Gasteiger partial charge on any atom is -0.462 e. The Balaban J connectivity index is 3.96. The van der Waals surface area contributed by atoms with Crippen molar-refractivity contribution in [1.82, 2.24) is 4.90 Å². The summed E-state index contributed by atoms with van der Waals surface area (Å²) in [5.74, 6) is 0.00174. The predicted molar refractivity (Wildman–Crippen MR) is 206 cm³/mol. The van der Waals surface area contributed by atoms with E-state index in [2.05, 4.69) is 25.7 Å². The summed E-state index contributed by atoms with van der Waals surface area (Å²) in [5, 5.41) is 9.50. The van der Waals surface area contributed by atoms with Crippen LogP contribution in [0.4, 0.5) is 4.79 Å². The minimum absolute atomic E-state index is 0.00174. The van der Waals surface area contributed by atoms with Crippen molar-refractivity contribution < 1.29 is 28.9 Å². The van der Waals surface area contributed by atoms with Crippen LogP contribution in [0.15, 0.2) is 0 Å². The highest BCUT2D eigenvalue weighted by Crippen LogP contribution is 2.18. The molecule has 0 aliphatic carbocycles. The molecular formula is C42H83NO6. The molecule has 0 heterocycles. The summed E-state index contributed by atoms with van der Waals surface area (Å²) in [4.78, 5) is 26.8. The van der Waals surface area contributed by atoms with E-state index in [1.807, 2.05) is 0 Å². The molecule has 0 rings (SSSR count). The molecule has 0 aromatic heterocycles. The predicted octanol–water partition coefficient (Wildman–Crippen LogP) is 12.1. The van der Waals surface area contributed by atoms with Crippen molar-refractivity contribution in [3.63, 3.8) is 0 Å². The van der Waals surface area contributed by atoms with Crippen molar-refractivity contribution >= 4 is 12.1 Å². The monoisotopic (exact) mass is 698 g/mol. The second-order valence-electron chi connectivity index (χ2n) is 14.4. The highest BCUT2D eigenvalue weighted by Gasteiger charge is 2.14. The van der Waals surface area contributed by atoms with Gasteiger partial charge in [-0.1, -0.05) is 143 Å². The highest BCUT2D eigenvalue weighted by atomic mass is 16.7. The third-order valence-corrected chi connectivity index (χ3v) is 9.64. The topological polar surface area (TPSA) is 85.3 Å². The van der Waals surface area contributed by atoms with Gasteiger partial charge in [-0.25, -0.2) is 4.79 Å². The number of carbonyl (C=O) groups is 2. The molecule has 7 heteroatoms. The molecule has 0 fully saturated rings. The fraction of sp³-hybridized carbons (Fsp3) is 0.952. The lowest BCUT2D eigenvalue weighted by molar-refractivity contribution is -0.150. The fourth-order valence-electron chi connectivity index (χ4n) is 6.45. The van der Waals surface area contributed by atoms with E-state index in [4.69, 9.17) is 14.2 Å². The molecule has 0 aliphatic heterocycles. The second-order valence-corrected chi connectivity index (χ2v) is 14.4. The van der Waals surface area contributed by atoms with Gasteiger partial charge in [0.1, 0.15) is 6.10 Å². The van der Waals surface area contributed by atoms with Crippen molar-refractivity contribution in [2.75, 3.05) is 39.5 Å². The number of esters is 1. The van der Waals surface area contributed by atoms with Gasteiger partial charge in [0.2, 0.25) is 0 Å². The summed E-state index contributed by atoms with van der Waals surface area (Å²) in [6.07, 6.45) is 34.1. The Morgan fingerprint density at radius 3 is 1.35 bits per heavy atom. The molecule has 1 N–H and O–H groups in total. The van der Waals surface area contributed by atoms with Crippen LogP contribution >= 0.6 is 0 Å². The Morgan fingerprint density at radius 2 is 0.878 bits per heavy atom. The lowest BCUT2D eigenvalue weighted by Crippen LogP contribution is -2.29. The first kappa shape index (κ1) is 47.7. The lowest BCUT2D eigenvalue weighted by Gasteiger charge is -2.21. The minimum atomic E-state index is -0.541. The average Bonchev–Trinajstić information content (AvgIpc) is 3.09. The van der Waals surface area contributed by atoms with Crippen LogP contribution in [0.2, 0.25) is 0 Å². The number of hydrogen-bond acceptors (Lipinski definition) is 7. The molecule has 292 valence electrons. The van der Waals surface area contributed by atoms with Crippen LogP contribution < -0.4 is 0 Å². The first-order valence-corrected chi connectivity index (χ1v) is 21.4. The number of ether oxygens (including phenoxy) is 3. The van der Waals surface area contributed by atoms with Gasteiger partial charge in [0.25, 0.3) is 0 Å². The first-order valence-electron chi connectivity index (χ1n) is 21.4. The third-order valence-electron chi connectivity index (χ3n) is 9.64. The van der Waals surface area contributed by atoms with Gasteiger partial charge in [0, 0.05) is 13.0 Å². The van der Waals surface area contributed by atoms with E-state index < -0.39 is 6.16 Å². The molecule has 49 heavy (non-hydrogen) atoms. The number of unbranched alkanes of at least 4 members (excludes halogenated alkanes) is 22. The van der Waals surface area contributed by atoms with Crippen LogP contribution in [0.1, 0.15) is 213 Å². The number of aliphatic hydroxyl groups excluding tert-OH is 1. The zero-order valence-electron chi connectivity index (χ0n) is 33.0. The van der Waals surface area contributed by atoms with Crippen LogP contribution in [0.3, 0.4) is 0 Å².